The fourth-order valence-corrected chi connectivity index (χ4v) is 2.69. The lowest BCUT2D eigenvalue weighted by Gasteiger charge is -2.30. The van der Waals surface area contributed by atoms with E-state index < -0.39 is 58.3 Å². The number of halogens is 3. The Morgan fingerprint density at radius 3 is 1.89 bits per heavy atom. The summed E-state index contributed by atoms with van der Waals surface area (Å²) in [5.74, 6) is -1.78. The average molecular weight is 504 g/mol. The summed E-state index contributed by atoms with van der Waals surface area (Å²) in [6.07, 6.45) is -5.85. The van der Waals surface area contributed by atoms with E-state index in [-0.39, 0.29) is 11.4 Å². The third-order valence-corrected chi connectivity index (χ3v) is 4.09. The molecule has 1 aromatic heterocycles. The van der Waals surface area contributed by atoms with Crippen LogP contribution >= 0.6 is 0 Å². The van der Waals surface area contributed by atoms with Crippen LogP contribution in [0, 0.1) is 0 Å². The highest BCUT2D eigenvalue weighted by molar-refractivity contribution is 6.13. The molecule has 0 aromatic carbocycles. The molecule has 1 rings (SSSR count). The maximum Gasteiger partial charge on any atom is 0.424 e. The van der Waals surface area contributed by atoms with Crippen molar-refractivity contribution in [1.29, 1.82) is 0 Å². The molecule has 9 nitrogen and oxygen atoms in total. The van der Waals surface area contributed by atoms with Gasteiger partial charge in [-0.15, -0.1) is 6.58 Å². The molecule has 0 unspecified atom stereocenters. The van der Waals surface area contributed by atoms with Crippen molar-refractivity contribution in [3.63, 3.8) is 0 Å². The van der Waals surface area contributed by atoms with Crippen LogP contribution in [0.5, 0.6) is 0 Å². The van der Waals surface area contributed by atoms with Crippen molar-refractivity contribution in [2.75, 3.05) is 30.5 Å². The number of pyridine rings is 1. The number of alkyl halides is 3. The first-order valence-corrected chi connectivity index (χ1v) is 10.6. The van der Waals surface area contributed by atoms with E-state index in [0.29, 0.717) is 12.5 Å². The van der Waals surface area contributed by atoms with E-state index in [2.05, 4.69) is 16.3 Å². The lowest BCUT2D eigenvalue weighted by Crippen LogP contribution is -2.44. The molecule has 0 fully saturated rings. The minimum Gasteiger partial charge on any atom is -0.464 e. The van der Waals surface area contributed by atoms with E-state index in [1.165, 1.54) is 59.6 Å². The number of imide groups is 1. The highest BCUT2D eigenvalue weighted by atomic mass is 19.4. The number of rotatable bonds is 6. The highest BCUT2D eigenvalue weighted by Gasteiger charge is 2.42. The van der Waals surface area contributed by atoms with Crippen molar-refractivity contribution >= 4 is 29.7 Å². The van der Waals surface area contributed by atoms with Crippen LogP contribution in [0.25, 0.3) is 0 Å². The molecule has 1 heterocycles. The van der Waals surface area contributed by atoms with E-state index in [0.717, 1.165) is 7.11 Å². The highest BCUT2D eigenvalue weighted by Crippen LogP contribution is 2.39. The van der Waals surface area contributed by atoms with Crippen LogP contribution in [-0.2, 0) is 20.4 Å². The van der Waals surface area contributed by atoms with E-state index in [1.54, 1.807) is 0 Å². The Morgan fingerprint density at radius 2 is 1.51 bits per heavy atom. The number of amides is 2. The van der Waals surface area contributed by atoms with Crippen LogP contribution in [0.4, 0.5) is 34.3 Å². The van der Waals surface area contributed by atoms with Crippen molar-refractivity contribution in [3.8, 4) is 0 Å². The topological polar surface area (TPSA) is 98.3 Å². The summed E-state index contributed by atoms with van der Waals surface area (Å²) < 4.78 is 57.4. The van der Waals surface area contributed by atoms with Crippen LogP contribution in [0.3, 0.4) is 0 Å². The summed E-state index contributed by atoms with van der Waals surface area (Å²) in [5.41, 5.74) is -5.06. The van der Waals surface area contributed by atoms with Gasteiger partial charge in [-0.25, -0.2) is 19.4 Å². The second-order valence-corrected chi connectivity index (χ2v) is 9.51. The molecule has 0 radical (unpaired) electrons. The molecule has 0 aliphatic heterocycles. The number of esters is 1. The van der Waals surface area contributed by atoms with Crippen molar-refractivity contribution in [2.24, 2.45) is 0 Å². The molecule has 2 amide bonds. The molecule has 0 atom stereocenters. The predicted molar refractivity (Wildman–Crippen MR) is 124 cm³/mol. The maximum atomic E-state index is 14.1. The molecule has 0 aliphatic rings. The zero-order chi connectivity index (χ0) is 27.4. The molecule has 35 heavy (non-hydrogen) atoms. The largest absolute Gasteiger partial charge is 0.464 e. The monoisotopic (exact) mass is 503 g/mol. The van der Waals surface area contributed by atoms with Gasteiger partial charge in [0.25, 0.3) is 0 Å². The summed E-state index contributed by atoms with van der Waals surface area (Å²) in [6, 6.07) is 0.479. The van der Waals surface area contributed by atoms with Gasteiger partial charge < -0.3 is 19.1 Å². The van der Waals surface area contributed by atoms with Gasteiger partial charge >= 0.3 is 24.3 Å². The zero-order valence-electron chi connectivity index (χ0n) is 21.2. The van der Waals surface area contributed by atoms with Gasteiger partial charge in [-0.05, 0) is 54.0 Å². The minimum atomic E-state index is -4.96. The number of aromatic nitrogens is 1. The van der Waals surface area contributed by atoms with E-state index >= 15 is 0 Å². The third kappa shape index (κ3) is 8.45. The van der Waals surface area contributed by atoms with Gasteiger partial charge in [-0.2, -0.15) is 18.1 Å². The molecular weight excluding hydrogens is 471 g/mol. The number of ether oxygens (including phenoxy) is 3. The smallest absolute Gasteiger partial charge is 0.424 e. The standard InChI is InChI=1S/C23H32F3N3O6/c1-10-11-12-28(8)17-14(23(24,25)26)13-15(16(27-17)18(30)33-9)29(19(31)34-21(2,3)4)20(32)35-22(5,6)7/h10,13H,1,11-12H2,2-9H3. The van der Waals surface area contributed by atoms with Crippen LogP contribution in [0.2, 0.25) is 0 Å². The Labute approximate surface area is 202 Å². The summed E-state index contributed by atoms with van der Waals surface area (Å²) in [7, 11) is 2.33. The number of anilines is 2. The van der Waals surface area contributed by atoms with E-state index in [4.69, 9.17) is 9.47 Å². The van der Waals surface area contributed by atoms with Crippen molar-refractivity contribution < 1.29 is 41.8 Å². The molecule has 0 saturated heterocycles. The SMILES string of the molecule is C=CCCN(C)c1nc(C(=O)OC)c(N(C(=O)OC(C)(C)C)C(=O)OC(C)(C)C)cc1C(F)(F)F. The van der Waals surface area contributed by atoms with Crippen LogP contribution in [-0.4, -0.2) is 55.0 Å². The van der Waals surface area contributed by atoms with Crippen LogP contribution < -0.4 is 9.80 Å². The van der Waals surface area contributed by atoms with Crippen molar-refractivity contribution in [1.82, 2.24) is 4.98 Å². The second-order valence-electron chi connectivity index (χ2n) is 9.51. The lowest BCUT2D eigenvalue weighted by molar-refractivity contribution is -0.137. The third-order valence-electron chi connectivity index (χ3n) is 4.09. The first-order valence-electron chi connectivity index (χ1n) is 10.6. The van der Waals surface area contributed by atoms with Gasteiger partial charge in [-0.1, -0.05) is 6.08 Å². The fourth-order valence-electron chi connectivity index (χ4n) is 2.69. The Morgan fingerprint density at radius 1 is 1.03 bits per heavy atom. The Balaban J connectivity index is 3.97. The van der Waals surface area contributed by atoms with Crippen molar-refractivity contribution in [2.45, 2.75) is 65.3 Å². The summed E-state index contributed by atoms with van der Waals surface area (Å²) in [5, 5.41) is 0. The molecule has 0 saturated carbocycles. The lowest BCUT2D eigenvalue weighted by atomic mass is 10.1. The maximum absolute atomic E-state index is 14.1. The number of methoxy groups -OCH3 is 1. The van der Waals surface area contributed by atoms with Crippen molar-refractivity contribution in [3.05, 3.63) is 30.0 Å². The Hall–Kier alpha value is -3.31. The molecule has 1 aromatic rings. The first-order chi connectivity index (χ1) is 15.8. The quantitative estimate of drug-likeness (QED) is 0.282. The molecule has 0 spiro atoms. The molecular formula is C23H32F3N3O6. The predicted octanol–water partition coefficient (Wildman–Crippen LogP) is 5.58. The van der Waals surface area contributed by atoms with E-state index in [1.807, 2.05) is 0 Å². The van der Waals surface area contributed by atoms with Crippen LogP contribution in [0.1, 0.15) is 64.0 Å². The van der Waals surface area contributed by atoms with Gasteiger partial charge in [0.1, 0.15) is 22.6 Å². The number of hydrogen-bond acceptors (Lipinski definition) is 8. The van der Waals surface area contributed by atoms with Gasteiger partial charge in [0.05, 0.1) is 12.8 Å². The fraction of sp³-hybridized carbons (Fsp3) is 0.565. The van der Waals surface area contributed by atoms with Gasteiger partial charge in [-0.3, -0.25) is 0 Å². The summed E-state index contributed by atoms with van der Waals surface area (Å²) in [6.45, 7) is 12.6. The number of carbonyl (C=O) groups excluding carboxylic acids is 3. The summed E-state index contributed by atoms with van der Waals surface area (Å²) >= 11 is 0. The first kappa shape index (κ1) is 29.7. The number of hydrogen-bond donors (Lipinski definition) is 0. The number of carbonyl (C=O) groups is 3. The van der Waals surface area contributed by atoms with Gasteiger partial charge in [0, 0.05) is 13.6 Å². The van der Waals surface area contributed by atoms with Crippen LogP contribution in [0.15, 0.2) is 18.7 Å². The Kier molecular flexibility index (Phi) is 9.30. The second kappa shape index (κ2) is 11.0. The molecule has 0 bridgehead atoms. The van der Waals surface area contributed by atoms with Gasteiger partial charge in [0.15, 0.2) is 5.69 Å². The Bertz CT molecular complexity index is 937. The molecule has 12 heteroatoms. The van der Waals surface area contributed by atoms with Gasteiger partial charge in [0.2, 0.25) is 0 Å². The molecule has 196 valence electrons. The average Bonchev–Trinajstić information content (AvgIpc) is 2.67. The summed E-state index contributed by atoms with van der Waals surface area (Å²) in [4.78, 5) is 43.8. The minimum absolute atomic E-state index is 0.0986. The molecule has 0 N–H and O–H groups in total. The zero-order valence-corrected chi connectivity index (χ0v) is 21.2. The normalized spacial score (nSPS) is 12.0. The van der Waals surface area contributed by atoms with E-state index in [9.17, 15) is 27.6 Å². The molecule has 0 aliphatic carbocycles. The number of nitrogens with zero attached hydrogens (tertiary/aromatic N) is 3.